The number of para-hydroxylation sites is 1. The van der Waals surface area contributed by atoms with E-state index in [1.807, 2.05) is 41.3 Å². The van der Waals surface area contributed by atoms with Crippen LogP contribution in [0.3, 0.4) is 0 Å². The molecule has 3 rings (SSSR count). The average molecular weight is 399 g/mol. The van der Waals surface area contributed by atoms with Crippen molar-refractivity contribution in [3.8, 4) is 0 Å². The summed E-state index contributed by atoms with van der Waals surface area (Å²) >= 11 is 3.40. The molecule has 2 aromatic rings. The van der Waals surface area contributed by atoms with Crippen LogP contribution >= 0.6 is 15.9 Å². The van der Waals surface area contributed by atoms with Crippen molar-refractivity contribution in [1.29, 1.82) is 0 Å². The van der Waals surface area contributed by atoms with E-state index in [4.69, 9.17) is 0 Å². The van der Waals surface area contributed by atoms with Gasteiger partial charge in [0.2, 0.25) is 5.91 Å². The normalized spacial score (nSPS) is 14.0. The predicted molar refractivity (Wildman–Crippen MR) is 103 cm³/mol. The molecule has 0 aliphatic carbocycles. The Morgan fingerprint density at radius 1 is 1.04 bits per heavy atom. The molecule has 25 heavy (non-hydrogen) atoms. The number of halogens is 1. The molecule has 5 heteroatoms. The van der Waals surface area contributed by atoms with Crippen LogP contribution in [0.2, 0.25) is 0 Å². The summed E-state index contributed by atoms with van der Waals surface area (Å²) in [5.41, 5.74) is 2.00. The van der Waals surface area contributed by atoms with Gasteiger partial charge in [-0.25, -0.2) is 0 Å². The Kier molecular flexibility index (Phi) is 5.66. The Balaban J connectivity index is 1.72. The van der Waals surface area contributed by atoms with Crippen LogP contribution in [0, 0.1) is 0 Å². The molecule has 0 aromatic heterocycles. The lowest BCUT2D eigenvalue weighted by molar-refractivity contribution is -0.111. The van der Waals surface area contributed by atoms with Crippen LogP contribution in [-0.2, 0) is 4.79 Å². The summed E-state index contributed by atoms with van der Waals surface area (Å²) in [5.74, 6) is -0.286. The minimum absolute atomic E-state index is 0.0237. The topological polar surface area (TPSA) is 49.4 Å². The number of rotatable bonds is 4. The number of hydrogen-bond acceptors (Lipinski definition) is 2. The minimum Gasteiger partial charge on any atom is -0.339 e. The Bertz CT molecular complexity index is 811. The standard InChI is InChI=1S/C20H19BrN2O2/c21-16-7-5-6-15(14-16)10-11-19(24)22-18-9-2-1-8-17(18)20(25)23-12-3-4-13-23/h1-2,5-11,14H,3-4,12-13H2,(H,22,24)/b11-10+. The zero-order chi connectivity index (χ0) is 17.6. The van der Waals surface area contributed by atoms with Gasteiger partial charge in [-0.05, 0) is 48.7 Å². The Labute approximate surface area is 155 Å². The average Bonchev–Trinajstić information content (AvgIpc) is 3.15. The Hall–Kier alpha value is -2.40. The lowest BCUT2D eigenvalue weighted by Gasteiger charge is -2.17. The molecule has 1 aliphatic heterocycles. The van der Waals surface area contributed by atoms with Gasteiger partial charge in [-0.15, -0.1) is 0 Å². The van der Waals surface area contributed by atoms with Crippen LogP contribution in [0.15, 0.2) is 59.1 Å². The largest absolute Gasteiger partial charge is 0.339 e. The maximum absolute atomic E-state index is 12.6. The number of nitrogens with zero attached hydrogens (tertiary/aromatic N) is 1. The van der Waals surface area contributed by atoms with Crippen molar-refractivity contribution >= 4 is 39.5 Å². The maximum Gasteiger partial charge on any atom is 0.255 e. The molecule has 128 valence electrons. The molecule has 1 fully saturated rings. The molecule has 4 nitrogen and oxygen atoms in total. The number of likely N-dealkylation sites (tertiary alicyclic amines) is 1. The molecule has 1 N–H and O–H groups in total. The van der Waals surface area contributed by atoms with E-state index in [0.29, 0.717) is 11.3 Å². The number of anilines is 1. The molecule has 2 aromatic carbocycles. The first-order valence-electron chi connectivity index (χ1n) is 8.26. The van der Waals surface area contributed by atoms with Crippen LogP contribution in [0.1, 0.15) is 28.8 Å². The van der Waals surface area contributed by atoms with Gasteiger partial charge in [0.05, 0.1) is 11.3 Å². The van der Waals surface area contributed by atoms with Crippen LogP contribution in [0.5, 0.6) is 0 Å². The summed E-state index contributed by atoms with van der Waals surface area (Å²) in [7, 11) is 0. The quantitative estimate of drug-likeness (QED) is 0.778. The second kappa shape index (κ2) is 8.12. The van der Waals surface area contributed by atoms with Gasteiger partial charge >= 0.3 is 0 Å². The second-order valence-electron chi connectivity index (χ2n) is 5.92. The monoisotopic (exact) mass is 398 g/mol. The van der Waals surface area contributed by atoms with Gasteiger partial charge < -0.3 is 10.2 Å². The smallest absolute Gasteiger partial charge is 0.255 e. The molecule has 2 amide bonds. The van der Waals surface area contributed by atoms with Crippen molar-refractivity contribution in [3.63, 3.8) is 0 Å². The van der Waals surface area contributed by atoms with E-state index in [-0.39, 0.29) is 11.8 Å². The van der Waals surface area contributed by atoms with Crippen molar-refractivity contribution in [2.45, 2.75) is 12.8 Å². The van der Waals surface area contributed by atoms with Gasteiger partial charge in [-0.3, -0.25) is 9.59 Å². The number of carbonyl (C=O) groups is 2. The second-order valence-corrected chi connectivity index (χ2v) is 6.84. The number of benzene rings is 2. The van der Waals surface area contributed by atoms with Crippen LogP contribution in [0.25, 0.3) is 6.08 Å². The first-order chi connectivity index (χ1) is 12.1. The molecule has 1 aliphatic rings. The third-order valence-electron chi connectivity index (χ3n) is 4.08. The molecular weight excluding hydrogens is 380 g/mol. The molecule has 0 saturated carbocycles. The van der Waals surface area contributed by atoms with Crippen molar-refractivity contribution in [2.24, 2.45) is 0 Å². The molecule has 0 bridgehead atoms. The highest BCUT2D eigenvalue weighted by atomic mass is 79.9. The van der Waals surface area contributed by atoms with Gasteiger partial charge in [0, 0.05) is 23.6 Å². The van der Waals surface area contributed by atoms with Crippen molar-refractivity contribution in [2.75, 3.05) is 18.4 Å². The summed E-state index contributed by atoms with van der Waals surface area (Å²) in [6.07, 6.45) is 5.29. The van der Waals surface area contributed by atoms with E-state index >= 15 is 0 Å². The third-order valence-corrected chi connectivity index (χ3v) is 4.58. The molecule has 1 saturated heterocycles. The van der Waals surface area contributed by atoms with Crippen LogP contribution in [-0.4, -0.2) is 29.8 Å². The van der Waals surface area contributed by atoms with Gasteiger partial charge in [0.1, 0.15) is 0 Å². The molecule has 0 spiro atoms. The van der Waals surface area contributed by atoms with Gasteiger partial charge in [-0.1, -0.05) is 40.2 Å². The number of hydrogen-bond donors (Lipinski definition) is 1. The number of amides is 2. The van der Waals surface area contributed by atoms with Crippen molar-refractivity contribution < 1.29 is 9.59 Å². The van der Waals surface area contributed by atoms with Gasteiger partial charge in [0.25, 0.3) is 5.91 Å². The van der Waals surface area contributed by atoms with E-state index in [1.165, 1.54) is 6.08 Å². The lowest BCUT2D eigenvalue weighted by atomic mass is 10.1. The number of nitrogens with one attached hydrogen (secondary N) is 1. The summed E-state index contributed by atoms with van der Waals surface area (Å²) in [5, 5.41) is 2.81. The fourth-order valence-electron chi connectivity index (χ4n) is 2.83. The van der Waals surface area contributed by atoms with Crippen LogP contribution < -0.4 is 5.32 Å². The molecule has 1 heterocycles. The summed E-state index contributed by atoms with van der Waals surface area (Å²) in [6.45, 7) is 1.56. The lowest BCUT2D eigenvalue weighted by Crippen LogP contribution is -2.28. The SMILES string of the molecule is O=C(/C=C/c1cccc(Br)c1)Nc1ccccc1C(=O)N1CCCC1. The Morgan fingerprint density at radius 3 is 2.56 bits per heavy atom. The predicted octanol–water partition coefficient (Wildman–Crippen LogP) is 4.34. The first-order valence-corrected chi connectivity index (χ1v) is 9.06. The highest BCUT2D eigenvalue weighted by Gasteiger charge is 2.21. The van der Waals surface area contributed by atoms with E-state index in [2.05, 4.69) is 21.2 Å². The Morgan fingerprint density at radius 2 is 1.80 bits per heavy atom. The summed E-state index contributed by atoms with van der Waals surface area (Å²) in [6, 6.07) is 14.8. The summed E-state index contributed by atoms with van der Waals surface area (Å²) in [4.78, 5) is 26.7. The molecule has 0 atom stereocenters. The minimum atomic E-state index is -0.262. The highest BCUT2D eigenvalue weighted by Crippen LogP contribution is 2.20. The zero-order valence-electron chi connectivity index (χ0n) is 13.7. The van der Waals surface area contributed by atoms with Crippen molar-refractivity contribution in [3.05, 3.63) is 70.2 Å². The fraction of sp³-hybridized carbons (Fsp3) is 0.200. The third kappa shape index (κ3) is 4.57. The summed E-state index contributed by atoms with van der Waals surface area (Å²) < 4.78 is 0.955. The number of carbonyl (C=O) groups excluding carboxylic acids is 2. The molecule has 0 unspecified atom stereocenters. The van der Waals surface area contributed by atoms with E-state index in [1.54, 1.807) is 18.2 Å². The van der Waals surface area contributed by atoms with Gasteiger partial charge in [-0.2, -0.15) is 0 Å². The van der Waals surface area contributed by atoms with Crippen molar-refractivity contribution in [1.82, 2.24) is 4.90 Å². The molecule has 0 radical (unpaired) electrons. The van der Waals surface area contributed by atoms with E-state index < -0.39 is 0 Å². The van der Waals surface area contributed by atoms with E-state index in [0.717, 1.165) is 36.0 Å². The van der Waals surface area contributed by atoms with E-state index in [9.17, 15) is 9.59 Å². The highest BCUT2D eigenvalue weighted by molar-refractivity contribution is 9.10. The first kappa shape index (κ1) is 17.4. The maximum atomic E-state index is 12.6. The van der Waals surface area contributed by atoms with Gasteiger partial charge in [0.15, 0.2) is 0 Å². The van der Waals surface area contributed by atoms with Crippen LogP contribution in [0.4, 0.5) is 5.69 Å². The zero-order valence-corrected chi connectivity index (χ0v) is 15.3. The molecular formula is C20H19BrN2O2. The fourth-order valence-corrected chi connectivity index (χ4v) is 3.24.